The van der Waals surface area contributed by atoms with E-state index in [1.165, 1.54) is 16.4 Å². The first kappa shape index (κ1) is 14.1. The number of benzene rings is 1. The summed E-state index contributed by atoms with van der Waals surface area (Å²) in [6.45, 7) is 0.543. The van der Waals surface area contributed by atoms with E-state index in [0.29, 0.717) is 27.6 Å². The molecule has 2 N–H and O–H groups in total. The number of nitrogen functional groups attached to an aromatic ring is 1. The molecule has 0 aliphatic heterocycles. The summed E-state index contributed by atoms with van der Waals surface area (Å²) < 4.78 is 26.5. The van der Waals surface area contributed by atoms with Gasteiger partial charge in [-0.1, -0.05) is 11.6 Å². The van der Waals surface area contributed by atoms with Crippen LogP contribution in [-0.4, -0.2) is 26.3 Å². The van der Waals surface area contributed by atoms with E-state index < -0.39 is 10.0 Å². The number of rotatable bonds is 4. The van der Waals surface area contributed by atoms with Crippen molar-refractivity contribution >= 4 is 43.2 Å². The van der Waals surface area contributed by atoms with E-state index >= 15 is 0 Å². The standard InChI is InChI=1S/C11H14BrClN2O2S/c1-15(6-7-2-3-7)18(16,17)10-5-8(13)4-9(14)11(10)12/h4-5,7H,2-3,6,14H2,1H3. The zero-order valence-corrected chi connectivity index (χ0v) is 13.0. The Morgan fingerprint density at radius 2 is 2.11 bits per heavy atom. The van der Waals surface area contributed by atoms with Crippen LogP contribution in [0.5, 0.6) is 0 Å². The molecule has 1 aromatic rings. The van der Waals surface area contributed by atoms with Gasteiger partial charge in [0.2, 0.25) is 10.0 Å². The molecule has 1 saturated carbocycles. The van der Waals surface area contributed by atoms with Crippen molar-refractivity contribution in [2.45, 2.75) is 17.7 Å². The zero-order valence-electron chi connectivity index (χ0n) is 9.86. The van der Waals surface area contributed by atoms with Gasteiger partial charge in [-0.3, -0.25) is 0 Å². The second-order valence-electron chi connectivity index (χ2n) is 4.54. The number of sulfonamides is 1. The van der Waals surface area contributed by atoms with Crippen molar-refractivity contribution in [2.75, 3.05) is 19.3 Å². The zero-order chi connectivity index (χ0) is 13.5. The van der Waals surface area contributed by atoms with Gasteiger partial charge in [0.05, 0.1) is 9.37 Å². The number of anilines is 1. The minimum absolute atomic E-state index is 0.121. The summed E-state index contributed by atoms with van der Waals surface area (Å²) in [6, 6.07) is 2.94. The highest BCUT2D eigenvalue weighted by Gasteiger charge is 2.30. The van der Waals surface area contributed by atoms with Crippen molar-refractivity contribution < 1.29 is 8.42 Å². The lowest BCUT2D eigenvalue weighted by molar-refractivity contribution is 0.452. The largest absolute Gasteiger partial charge is 0.398 e. The molecule has 0 atom stereocenters. The highest BCUT2D eigenvalue weighted by molar-refractivity contribution is 9.10. The lowest BCUT2D eigenvalue weighted by Gasteiger charge is -2.18. The van der Waals surface area contributed by atoms with E-state index in [9.17, 15) is 8.42 Å². The maximum Gasteiger partial charge on any atom is 0.244 e. The molecule has 0 radical (unpaired) electrons. The van der Waals surface area contributed by atoms with E-state index in [4.69, 9.17) is 17.3 Å². The molecule has 2 rings (SSSR count). The molecule has 0 aromatic heterocycles. The topological polar surface area (TPSA) is 63.4 Å². The summed E-state index contributed by atoms with van der Waals surface area (Å²) in [5.74, 6) is 0.486. The van der Waals surface area contributed by atoms with Crippen LogP contribution in [0.3, 0.4) is 0 Å². The predicted octanol–water partition coefficient (Wildman–Crippen LogP) is 2.72. The number of halogens is 2. The van der Waals surface area contributed by atoms with Crippen LogP contribution in [0.1, 0.15) is 12.8 Å². The third-order valence-corrected chi connectivity index (χ3v) is 6.15. The van der Waals surface area contributed by atoms with E-state index in [1.54, 1.807) is 7.05 Å². The summed E-state index contributed by atoms with van der Waals surface area (Å²) in [5.41, 5.74) is 6.04. The third-order valence-electron chi connectivity index (χ3n) is 2.93. The summed E-state index contributed by atoms with van der Waals surface area (Å²) in [5, 5.41) is 0.314. The number of nitrogens with zero attached hydrogens (tertiary/aromatic N) is 1. The van der Waals surface area contributed by atoms with Gasteiger partial charge in [-0.15, -0.1) is 0 Å². The van der Waals surface area contributed by atoms with Crippen LogP contribution in [0.25, 0.3) is 0 Å². The molecule has 4 nitrogen and oxygen atoms in total. The molecule has 1 aromatic carbocycles. The van der Waals surface area contributed by atoms with Crippen molar-refractivity contribution in [3.8, 4) is 0 Å². The fraction of sp³-hybridized carbons (Fsp3) is 0.455. The van der Waals surface area contributed by atoms with Gasteiger partial charge in [-0.05, 0) is 46.8 Å². The molecule has 0 bridgehead atoms. The average molecular weight is 354 g/mol. The molecule has 1 fully saturated rings. The Balaban J connectivity index is 2.39. The molecular weight excluding hydrogens is 340 g/mol. The van der Waals surface area contributed by atoms with Crippen molar-refractivity contribution in [1.29, 1.82) is 0 Å². The average Bonchev–Trinajstić information content (AvgIpc) is 3.06. The lowest BCUT2D eigenvalue weighted by Crippen LogP contribution is -2.29. The smallest absolute Gasteiger partial charge is 0.244 e. The van der Waals surface area contributed by atoms with Crippen LogP contribution >= 0.6 is 27.5 Å². The normalized spacial score (nSPS) is 16.2. The number of hydrogen-bond donors (Lipinski definition) is 1. The van der Waals surface area contributed by atoms with Crippen LogP contribution in [-0.2, 0) is 10.0 Å². The second-order valence-corrected chi connectivity index (χ2v) is 7.78. The molecule has 0 heterocycles. The van der Waals surface area contributed by atoms with Crippen molar-refractivity contribution in [3.05, 3.63) is 21.6 Å². The Labute approximate surface area is 120 Å². The van der Waals surface area contributed by atoms with Gasteiger partial charge >= 0.3 is 0 Å². The third kappa shape index (κ3) is 2.82. The van der Waals surface area contributed by atoms with E-state index in [0.717, 1.165) is 12.8 Å². The van der Waals surface area contributed by atoms with Crippen LogP contribution in [0.4, 0.5) is 5.69 Å². The van der Waals surface area contributed by atoms with Crippen LogP contribution < -0.4 is 5.73 Å². The molecule has 18 heavy (non-hydrogen) atoms. The molecule has 0 saturated heterocycles. The van der Waals surface area contributed by atoms with E-state index in [-0.39, 0.29) is 4.90 Å². The van der Waals surface area contributed by atoms with Gasteiger partial charge in [0.15, 0.2) is 0 Å². The van der Waals surface area contributed by atoms with E-state index in [2.05, 4.69) is 15.9 Å². The quantitative estimate of drug-likeness (QED) is 0.847. The monoisotopic (exact) mass is 352 g/mol. The molecular formula is C11H14BrClN2O2S. The van der Waals surface area contributed by atoms with Gasteiger partial charge in [-0.25, -0.2) is 12.7 Å². The highest BCUT2D eigenvalue weighted by atomic mass is 79.9. The van der Waals surface area contributed by atoms with Gasteiger partial charge in [0, 0.05) is 24.3 Å². The maximum absolute atomic E-state index is 12.4. The molecule has 0 amide bonds. The van der Waals surface area contributed by atoms with Gasteiger partial charge in [0.1, 0.15) is 0 Å². The Hall–Kier alpha value is -0.300. The first-order valence-corrected chi connectivity index (χ1v) is 8.14. The fourth-order valence-electron chi connectivity index (χ4n) is 1.70. The van der Waals surface area contributed by atoms with Crippen molar-refractivity contribution in [3.63, 3.8) is 0 Å². The van der Waals surface area contributed by atoms with Gasteiger partial charge in [-0.2, -0.15) is 0 Å². The molecule has 0 unspecified atom stereocenters. The minimum atomic E-state index is -3.55. The van der Waals surface area contributed by atoms with Crippen LogP contribution in [0, 0.1) is 5.92 Å². The Morgan fingerprint density at radius 3 is 2.67 bits per heavy atom. The fourth-order valence-corrected chi connectivity index (χ4v) is 4.20. The lowest BCUT2D eigenvalue weighted by atomic mass is 10.3. The molecule has 0 spiro atoms. The predicted molar refractivity (Wildman–Crippen MR) is 76.1 cm³/mol. The maximum atomic E-state index is 12.4. The summed E-state index contributed by atoms with van der Waals surface area (Å²) >= 11 is 9.08. The molecule has 1 aliphatic rings. The first-order chi connectivity index (χ1) is 8.32. The second kappa shape index (κ2) is 5.00. The number of hydrogen-bond acceptors (Lipinski definition) is 3. The Kier molecular flexibility index (Phi) is 3.92. The molecule has 1 aliphatic carbocycles. The minimum Gasteiger partial charge on any atom is -0.398 e. The van der Waals surface area contributed by atoms with Gasteiger partial charge < -0.3 is 5.73 Å². The molecule has 100 valence electrons. The molecule has 7 heteroatoms. The number of nitrogens with two attached hydrogens (primary N) is 1. The Morgan fingerprint density at radius 1 is 1.50 bits per heavy atom. The summed E-state index contributed by atoms with van der Waals surface area (Å²) in [4.78, 5) is 0.121. The van der Waals surface area contributed by atoms with Crippen molar-refractivity contribution in [2.24, 2.45) is 5.92 Å². The Bertz CT molecular complexity index is 573. The van der Waals surface area contributed by atoms with Crippen molar-refractivity contribution in [1.82, 2.24) is 4.31 Å². The first-order valence-electron chi connectivity index (χ1n) is 5.53. The SMILES string of the molecule is CN(CC1CC1)S(=O)(=O)c1cc(Cl)cc(N)c1Br. The van der Waals surface area contributed by atoms with Crippen LogP contribution in [0.2, 0.25) is 5.02 Å². The highest BCUT2D eigenvalue weighted by Crippen LogP contribution is 2.35. The summed E-state index contributed by atoms with van der Waals surface area (Å²) in [7, 11) is -1.97. The summed E-state index contributed by atoms with van der Waals surface area (Å²) in [6.07, 6.45) is 2.19. The van der Waals surface area contributed by atoms with Crippen LogP contribution in [0.15, 0.2) is 21.5 Å². The van der Waals surface area contributed by atoms with Gasteiger partial charge in [0.25, 0.3) is 0 Å². The van der Waals surface area contributed by atoms with E-state index in [1.807, 2.05) is 0 Å².